The quantitative estimate of drug-likeness (QED) is 0.650. The SMILES string of the molecule is CCOc1ccc([C@H](C)NC(=O)[C@H](C)Oc2cccc3ccccc23)cc1. The molecule has 2 atom stereocenters. The maximum absolute atomic E-state index is 12.6. The summed E-state index contributed by atoms with van der Waals surface area (Å²) in [6.07, 6.45) is -0.596. The van der Waals surface area contributed by atoms with Crippen LogP contribution in [0.5, 0.6) is 11.5 Å². The van der Waals surface area contributed by atoms with Crippen LogP contribution in [0.3, 0.4) is 0 Å². The molecule has 140 valence electrons. The topological polar surface area (TPSA) is 47.6 Å². The highest BCUT2D eigenvalue weighted by atomic mass is 16.5. The van der Waals surface area contributed by atoms with Crippen molar-refractivity contribution < 1.29 is 14.3 Å². The third kappa shape index (κ3) is 4.59. The van der Waals surface area contributed by atoms with Crippen LogP contribution < -0.4 is 14.8 Å². The average molecular weight is 363 g/mol. The van der Waals surface area contributed by atoms with Crippen molar-refractivity contribution in [3.05, 3.63) is 72.3 Å². The third-order valence-corrected chi connectivity index (χ3v) is 4.47. The highest BCUT2D eigenvalue weighted by molar-refractivity contribution is 5.89. The Bertz CT molecular complexity index is 900. The van der Waals surface area contributed by atoms with Crippen LogP contribution in [0.15, 0.2) is 66.7 Å². The van der Waals surface area contributed by atoms with Gasteiger partial charge in [-0.1, -0.05) is 48.5 Å². The Morgan fingerprint density at radius 2 is 1.67 bits per heavy atom. The minimum atomic E-state index is -0.596. The van der Waals surface area contributed by atoms with E-state index in [4.69, 9.17) is 9.47 Å². The van der Waals surface area contributed by atoms with Crippen LogP contribution in [-0.2, 0) is 4.79 Å². The number of fused-ring (bicyclic) bond motifs is 1. The van der Waals surface area contributed by atoms with Gasteiger partial charge in [0.1, 0.15) is 11.5 Å². The molecule has 0 bridgehead atoms. The van der Waals surface area contributed by atoms with Gasteiger partial charge in [-0.25, -0.2) is 0 Å². The molecular formula is C23H25NO3. The van der Waals surface area contributed by atoms with E-state index in [0.717, 1.165) is 22.1 Å². The molecule has 0 heterocycles. The molecule has 0 aliphatic rings. The predicted molar refractivity (Wildman–Crippen MR) is 108 cm³/mol. The van der Waals surface area contributed by atoms with E-state index in [2.05, 4.69) is 5.32 Å². The molecule has 3 aromatic rings. The lowest BCUT2D eigenvalue weighted by molar-refractivity contribution is -0.127. The van der Waals surface area contributed by atoms with Gasteiger partial charge in [0.25, 0.3) is 5.91 Å². The van der Waals surface area contributed by atoms with Crippen LogP contribution in [-0.4, -0.2) is 18.6 Å². The average Bonchev–Trinajstić information content (AvgIpc) is 2.69. The largest absolute Gasteiger partial charge is 0.494 e. The standard InChI is InChI=1S/C23H25NO3/c1-4-26-20-14-12-18(13-15-20)16(2)24-23(25)17(3)27-22-11-7-9-19-8-5-6-10-21(19)22/h5-17H,4H2,1-3H3,(H,24,25)/t16-,17-/m0/s1. The van der Waals surface area contributed by atoms with Crippen molar-refractivity contribution in [3.63, 3.8) is 0 Å². The zero-order valence-electron chi connectivity index (χ0n) is 15.9. The number of hydrogen-bond acceptors (Lipinski definition) is 3. The summed E-state index contributed by atoms with van der Waals surface area (Å²) in [7, 11) is 0. The van der Waals surface area contributed by atoms with Crippen LogP contribution in [0.4, 0.5) is 0 Å². The van der Waals surface area contributed by atoms with Crippen LogP contribution in [0.2, 0.25) is 0 Å². The molecule has 0 spiro atoms. The molecule has 3 aromatic carbocycles. The summed E-state index contributed by atoms with van der Waals surface area (Å²) in [5.74, 6) is 1.39. The Morgan fingerprint density at radius 3 is 2.41 bits per heavy atom. The van der Waals surface area contributed by atoms with E-state index < -0.39 is 6.10 Å². The fourth-order valence-corrected chi connectivity index (χ4v) is 2.98. The minimum absolute atomic E-state index is 0.119. The molecule has 0 saturated heterocycles. The van der Waals surface area contributed by atoms with Crippen molar-refractivity contribution in [3.8, 4) is 11.5 Å². The molecule has 1 amide bonds. The van der Waals surface area contributed by atoms with Gasteiger partial charge in [-0.3, -0.25) is 4.79 Å². The Hall–Kier alpha value is -3.01. The molecule has 3 rings (SSSR count). The molecule has 1 N–H and O–H groups in total. The fraction of sp³-hybridized carbons (Fsp3) is 0.261. The minimum Gasteiger partial charge on any atom is -0.494 e. The number of amides is 1. The van der Waals surface area contributed by atoms with Crippen LogP contribution >= 0.6 is 0 Å². The molecule has 0 fully saturated rings. The first-order valence-corrected chi connectivity index (χ1v) is 9.26. The smallest absolute Gasteiger partial charge is 0.261 e. The number of carbonyl (C=O) groups is 1. The van der Waals surface area contributed by atoms with Gasteiger partial charge in [-0.2, -0.15) is 0 Å². The van der Waals surface area contributed by atoms with E-state index >= 15 is 0 Å². The van der Waals surface area contributed by atoms with Crippen LogP contribution in [0.1, 0.15) is 32.4 Å². The molecule has 0 aromatic heterocycles. The lowest BCUT2D eigenvalue weighted by atomic mass is 10.1. The van der Waals surface area contributed by atoms with E-state index in [9.17, 15) is 4.79 Å². The molecule has 0 radical (unpaired) electrons. The lowest BCUT2D eigenvalue weighted by Gasteiger charge is -2.20. The first kappa shape index (κ1) is 18.8. The molecule has 0 aliphatic carbocycles. The maximum Gasteiger partial charge on any atom is 0.261 e. The highest BCUT2D eigenvalue weighted by Crippen LogP contribution is 2.26. The van der Waals surface area contributed by atoms with Crippen molar-refractivity contribution >= 4 is 16.7 Å². The highest BCUT2D eigenvalue weighted by Gasteiger charge is 2.18. The number of hydrogen-bond donors (Lipinski definition) is 1. The summed E-state index contributed by atoms with van der Waals surface area (Å²) in [4.78, 5) is 12.6. The zero-order valence-corrected chi connectivity index (χ0v) is 15.9. The fourth-order valence-electron chi connectivity index (χ4n) is 2.98. The number of ether oxygens (including phenoxy) is 2. The van der Waals surface area contributed by atoms with Crippen molar-refractivity contribution in [1.29, 1.82) is 0 Å². The van der Waals surface area contributed by atoms with E-state index in [1.54, 1.807) is 6.92 Å². The van der Waals surface area contributed by atoms with Gasteiger partial charge in [0.05, 0.1) is 12.6 Å². The van der Waals surface area contributed by atoms with Crippen LogP contribution in [0, 0.1) is 0 Å². The molecule has 4 nitrogen and oxygen atoms in total. The zero-order chi connectivity index (χ0) is 19.2. The molecule has 27 heavy (non-hydrogen) atoms. The van der Waals surface area contributed by atoms with Gasteiger partial charge in [0, 0.05) is 5.39 Å². The molecule has 0 aliphatic heterocycles. The molecule has 4 heteroatoms. The second kappa shape index (κ2) is 8.58. The van der Waals surface area contributed by atoms with Gasteiger partial charge < -0.3 is 14.8 Å². The number of benzene rings is 3. The summed E-state index contributed by atoms with van der Waals surface area (Å²) < 4.78 is 11.4. The summed E-state index contributed by atoms with van der Waals surface area (Å²) in [6, 6.07) is 21.5. The third-order valence-electron chi connectivity index (χ3n) is 4.47. The van der Waals surface area contributed by atoms with Gasteiger partial charge in [-0.05, 0) is 49.9 Å². The van der Waals surface area contributed by atoms with E-state index in [-0.39, 0.29) is 11.9 Å². The summed E-state index contributed by atoms with van der Waals surface area (Å²) in [5, 5.41) is 5.10. The Kier molecular flexibility index (Phi) is 5.97. The van der Waals surface area contributed by atoms with E-state index in [1.165, 1.54) is 0 Å². The lowest BCUT2D eigenvalue weighted by Crippen LogP contribution is -2.37. The van der Waals surface area contributed by atoms with Gasteiger partial charge >= 0.3 is 0 Å². The Balaban J connectivity index is 1.64. The van der Waals surface area contributed by atoms with Crippen molar-refractivity contribution in [1.82, 2.24) is 5.32 Å². The van der Waals surface area contributed by atoms with Gasteiger partial charge in [-0.15, -0.1) is 0 Å². The van der Waals surface area contributed by atoms with Crippen molar-refractivity contribution in [2.45, 2.75) is 32.9 Å². The van der Waals surface area contributed by atoms with E-state index in [0.29, 0.717) is 12.4 Å². The maximum atomic E-state index is 12.6. The second-order valence-corrected chi connectivity index (χ2v) is 6.47. The summed E-state index contributed by atoms with van der Waals surface area (Å²) in [6.45, 7) is 6.31. The summed E-state index contributed by atoms with van der Waals surface area (Å²) >= 11 is 0. The van der Waals surface area contributed by atoms with Crippen LogP contribution in [0.25, 0.3) is 10.8 Å². The van der Waals surface area contributed by atoms with Crippen molar-refractivity contribution in [2.24, 2.45) is 0 Å². The first-order chi connectivity index (χ1) is 13.1. The van der Waals surface area contributed by atoms with Crippen molar-refractivity contribution in [2.75, 3.05) is 6.61 Å². The first-order valence-electron chi connectivity index (χ1n) is 9.26. The number of rotatable bonds is 7. The molecule has 0 saturated carbocycles. The number of carbonyl (C=O) groups excluding carboxylic acids is 1. The normalized spacial score (nSPS) is 13.0. The Labute approximate surface area is 160 Å². The van der Waals surface area contributed by atoms with Gasteiger partial charge in [0.15, 0.2) is 6.10 Å². The van der Waals surface area contributed by atoms with E-state index in [1.807, 2.05) is 80.6 Å². The molecular weight excluding hydrogens is 338 g/mol. The monoisotopic (exact) mass is 363 g/mol. The Morgan fingerprint density at radius 1 is 0.963 bits per heavy atom. The predicted octanol–water partition coefficient (Wildman–Crippen LogP) is 4.88. The molecule has 0 unspecified atom stereocenters. The van der Waals surface area contributed by atoms with Gasteiger partial charge in [0.2, 0.25) is 0 Å². The summed E-state index contributed by atoms with van der Waals surface area (Å²) in [5.41, 5.74) is 1.02. The second-order valence-electron chi connectivity index (χ2n) is 6.47. The number of nitrogens with one attached hydrogen (secondary N) is 1.